The molecule has 4 rings (SSSR count). The van der Waals surface area contributed by atoms with E-state index in [1.54, 1.807) is 0 Å². The van der Waals surface area contributed by atoms with Gasteiger partial charge in [0.1, 0.15) is 12.2 Å². The van der Waals surface area contributed by atoms with Crippen molar-refractivity contribution in [2.24, 2.45) is 34.5 Å². The smallest absolute Gasteiger partial charge is 0.302 e. The Bertz CT molecular complexity index is 687. The van der Waals surface area contributed by atoms with Crippen LogP contribution < -0.4 is 0 Å². The molecule has 0 amide bonds. The molecule has 9 atom stereocenters. The van der Waals surface area contributed by atoms with Crippen molar-refractivity contribution in [3.05, 3.63) is 0 Å². The van der Waals surface area contributed by atoms with E-state index >= 15 is 0 Å². The van der Waals surface area contributed by atoms with Crippen LogP contribution in [0.5, 0.6) is 0 Å². The molecule has 4 fully saturated rings. The summed E-state index contributed by atoms with van der Waals surface area (Å²) < 4.78 is 11.3. The molecule has 0 radical (unpaired) electrons. The Kier molecular flexibility index (Phi) is 5.08. The maximum absolute atomic E-state index is 11.8. The second kappa shape index (κ2) is 6.96. The molecule has 29 heavy (non-hydrogen) atoms. The summed E-state index contributed by atoms with van der Waals surface area (Å²) in [4.78, 5) is 23.1. The Labute approximate surface area is 174 Å². The molecule has 0 heterocycles. The molecule has 0 aromatic heterocycles. The van der Waals surface area contributed by atoms with Gasteiger partial charge in [-0.15, -0.1) is 0 Å². The van der Waals surface area contributed by atoms with E-state index in [9.17, 15) is 14.7 Å². The van der Waals surface area contributed by atoms with E-state index in [0.29, 0.717) is 24.2 Å². The van der Waals surface area contributed by atoms with Crippen LogP contribution in [0.3, 0.4) is 0 Å². The number of carbonyl (C=O) groups excluding carboxylic acids is 2. The summed E-state index contributed by atoms with van der Waals surface area (Å²) in [6.45, 7) is 9.65. The average Bonchev–Trinajstić information content (AvgIpc) is 2.88. The molecule has 0 saturated heterocycles. The third kappa shape index (κ3) is 3.32. The van der Waals surface area contributed by atoms with Gasteiger partial charge in [0.15, 0.2) is 0 Å². The first-order valence-corrected chi connectivity index (χ1v) is 11.5. The number of hydrogen-bond acceptors (Lipinski definition) is 5. The lowest BCUT2D eigenvalue weighted by Gasteiger charge is -2.65. The normalized spacial score (nSPS) is 51.4. The number of aliphatic hydroxyl groups is 1. The predicted octanol–water partition coefficient (Wildman–Crippen LogP) is 4.25. The van der Waals surface area contributed by atoms with Crippen molar-refractivity contribution < 1.29 is 24.2 Å². The van der Waals surface area contributed by atoms with Gasteiger partial charge in [-0.2, -0.15) is 0 Å². The molecule has 5 heteroatoms. The van der Waals surface area contributed by atoms with Gasteiger partial charge in [0, 0.05) is 19.3 Å². The summed E-state index contributed by atoms with van der Waals surface area (Å²) in [5.74, 6) is 1.31. The third-order valence-electron chi connectivity index (χ3n) is 9.36. The van der Waals surface area contributed by atoms with Crippen LogP contribution in [0.1, 0.15) is 86.0 Å². The van der Waals surface area contributed by atoms with Crippen molar-refractivity contribution in [1.29, 1.82) is 0 Å². The fourth-order valence-electron chi connectivity index (χ4n) is 8.69. The summed E-state index contributed by atoms with van der Waals surface area (Å²) in [6.07, 6.45) is 7.71. The number of esters is 2. The van der Waals surface area contributed by atoms with Gasteiger partial charge in [-0.1, -0.05) is 13.8 Å². The van der Waals surface area contributed by atoms with Crippen LogP contribution in [0, 0.1) is 34.5 Å². The van der Waals surface area contributed by atoms with Gasteiger partial charge in [0.2, 0.25) is 0 Å². The van der Waals surface area contributed by atoms with Crippen molar-refractivity contribution in [1.82, 2.24) is 0 Å². The molecule has 4 aliphatic carbocycles. The number of hydrogen-bond donors (Lipinski definition) is 1. The molecule has 4 saturated carbocycles. The minimum Gasteiger partial charge on any atom is -0.463 e. The highest BCUT2D eigenvalue weighted by molar-refractivity contribution is 5.66. The van der Waals surface area contributed by atoms with E-state index in [4.69, 9.17) is 9.47 Å². The van der Waals surface area contributed by atoms with Gasteiger partial charge in [-0.05, 0) is 87.4 Å². The SMILES string of the molecule is CC(=O)O[C@@H]1CC[C@@]2(C)[C@@H](CC[C@@H]3[C@@H]4CC[C@H](OC(C)=O)[C@]4(C)C[C@](C)(O)[C@@H]32)C1. The number of carbonyl (C=O) groups is 2. The molecular formula is C24H38O5. The Morgan fingerprint density at radius 3 is 2.24 bits per heavy atom. The molecule has 5 nitrogen and oxygen atoms in total. The molecule has 164 valence electrons. The quantitative estimate of drug-likeness (QED) is 0.694. The van der Waals surface area contributed by atoms with Gasteiger partial charge < -0.3 is 14.6 Å². The van der Waals surface area contributed by atoms with Crippen LogP contribution in [0.4, 0.5) is 0 Å². The standard InChI is InChI=1S/C24H38O5/c1-14(25)28-17-10-11-22(3)16(12-17)6-7-18-19-8-9-20(29-15(2)26)23(19,4)13-24(5,27)21(18)22/h16-21,27H,6-13H2,1-5H3/t16-,17+,18+,19-,20-,21-,22-,23+,24-/m0/s1. The Hall–Kier alpha value is -1.10. The highest BCUT2D eigenvalue weighted by Crippen LogP contribution is 2.69. The molecular weight excluding hydrogens is 368 g/mol. The van der Waals surface area contributed by atoms with E-state index < -0.39 is 5.60 Å². The average molecular weight is 407 g/mol. The summed E-state index contributed by atoms with van der Waals surface area (Å²) in [5, 5.41) is 11.8. The molecule has 0 spiro atoms. The highest BCUT2D eigenvalue weighted by Gasteiger charge is 2.67. The fraction of sp³-hybridized carbons (Fsp3) is 0.917. The second-order valence-electron chi connectivity index (χ2n) is 11.2. The van der Waals surface area contributed by atoms with Crippen LogP contribution in [-0.4, -0.2) is 34.9 Å². The fourth-order valence-corrected chi connectivity index (χ4v) is 8.69. The highest BCUT2D eigenvalue weighted by atomic mass is 16.5. The number of rotatable bonds is 2. The van der Waals surface area contributed by atoms with Crippen molar-refractivity contribution in [3.8, 4) is 0 Å². The first kappa shape index (κ1) is 21.1. The minimum absolute atomic E-state index is 0.0285. The first-order chi connectivity index (χ1) is 13.5. The van der Waals surface area contributed by atoms with Crippen molar-refractivity contribution in [2.45, 2.75) is 104 Å². The van der Waals surface area contributed by atoms with E-state index in [0.717, 1.165) is 44.9 Å². The van der Waals surface area contributed by atoms with Gasteiger partial charge >= 0.3 is 11.9 Å². The summed E-state index contributed by atoms with van der Waals surface area (Å²) in [7, 11) is 0. The molecule has 0 unspecified atom stereocenters. The van der Waals surface area contributed by atoms with Crippen LogP contribution in [0.25, 0.3) is 0 Å². The lowest BCUT2D eigenvalue weighted by atomic mass is 9.41. The lowest BCUT2D eigenvalue weighted by molar-refractivity contribution is -0.228. The van der Waals surface area contributed by atoms with Crippen LogP contribution in [0.15, 0.2) is 0 Å². The van der Waals surface area contributed by atoms with Gasteiger partial charge in [0.05, 0.1) is 5.60 Å². The monoisotopic (exact) mass is 406 g/mol. The van der Waals surface area contributed by atoms with Gasteiger partial charge in [0.25, 0.3) is 0 Å². The van der Waals surface area contributed by atoms with E-state index in [1.165, 1.54) is 13.8 Å². The largest absolute Gasteiger partial charge is 0.463 e. The Morgan fingerprint density at radius 2 is 1.59 bits per heavy atom. The number of ether oxygens (including phenoxy) is 2. The zero-order chi connectivity index (χ0) is 21.2. The van der Waals surface area contributed by atoms with Crippen LogP contribution in [-0.2, 0) is 19.1 Å². The second-order valence-corrected chi connectivity index (χ2v) is 11.2. The molecule has 4 aliphatic rings. The van der Waals surface area contributed by atoms with Crippen molar-refractivity contribution in [3.63, 3.8) is 0 Å². The molecule has 1 N–H and O–H groups in total. The maximum Gasteiger partial charge on any atom is 0.302 e. The van der Waals surface area contributed by atoms with E-state index in [2.05, 4.69) is 13.8 Å². The third-order valence-corrected chi connectivity index (χ3v) is 9.36. The predicted molar refractivity (Wildman–Crippen MR) is 109 cm³/mol. The van der Waals surface area contributed by atoms with Crippen molar-refractivity contribution in [2.75, 3.05) is 0 Å². The zero-order valence-electron chi connectivity index (χ0n) is 18.7. The summed E-state index contributed by atoms with van der Waals surface area (Å²) >= 11 is 0. The summed E-state index contributed by atoms with van der Waals surface area (Å²) in [5.41, 5.74) is -0.848. The first-order valence-electron chi connectivity index (χ1n) is 11.5. The Morgan fingerprint density at radius 1 is 0.897 bits per heavy atom. The minimum atomic E-state index is -0.777. The van der Waals surface area contributed by atoms with E-state index in [-0.39, 0.29) is 40.9 Å². The topological polar surface area (TPSA) is 72.8 Å². The maximum atomic E-state index is 11.8. The Balaban J connectivity index is 1.61. The van der Waals surface area contributed by atoms with E-state index in [1.807, 2.05) is 6.92 Å². The molecule has 0 aromatic rings. The summed E-state index contributed by atoms with van der Waals surface area (Å²) in [6, 6.07) is 0. The molecule has 0 bridgehead atoms. The van der Waals surface area contributed by atoms with Gasteiger partial charge in [-0.25, -0.2) is 0 Å². The van der Waals surface area contributed by atoms with Crippen LogP contribution >= 0.6 is 0 Å². The molecule has 0 aliphatic heterocycles. The number of fused-ring (bicyclic) bond motifs is 5. The van der Waals surface area contributed by atoms with Crippen LogP contribution in [0.2, 0.25) is 0 Å². The van der Waals surface area contributed by atoms with Gasteiger partial charge in [-0.3, -0.25) is 9.59 Å². The van der Waals surface area contributed by atoms with Crippen molar-refractivity contribution >= 4 is 11.9 Å². The molecule has 0 aromatic carbocycles. The zero-order valence-corrected chi connectivity index (χ0v) is 18.7. The lowest BCUT2D eigenvalue weighted by Crippen LogP contribution is -2.64.